The summed E-state index contributed by atoms with van der Waals surface area (Å²) in [5.74, 6) is 1.47. The summed E-state index contributed by atoms with van der Waals surface area (Å²) in [7, 11) is 0. The molecule has 16 heavy (non-hydrogen) atoms. The standard InChI is InChI=1S/C13H10BrClO/c1-9-5-2-3-8-12(9)16-13-10(14)6-4-7-11(13)15/h2-8H,1H3. The molecule has 0 aromatic heterocycles. The van der Waals surface area contributed by atoms with Crippen LogP contribution < -0.4 is 4.74 Å². The Morgan fingerprint density at radius 2 is 1.81 bits per heavy atom. The predicted molar refractivity (Wildman–Crippen MR) is 70.4 cm³/mol. The molecular formula is C13H10BrClO. The third-order valence-electron chi connectivity index (χ3n) is 2.22. The van der Waals surface area contributed by atoms with E-state index in [4.69, 9.17) is 16.3 Å². The molecule has 0 spiro atoms. The summed E-state index contributed by atoms with van der Waals surface area (Å²) < 4.78 is 6.64. The Kier molecular flexibility index (Phi) is 3.52. The van der Waals surface area contributed by atoms with Gasteiger partial charge in [0, 0.05) is 0 Å². The zero-order chi connectivity index (χ0) is 11.5. The minimum Gasteiger partial charge on any atom is -0.454 e. The van der Waals surface area contributed by atoms with Gasteiger partial charge in [0.15, 0.2) is 5.75 Å². The molecule has 2 rings (SSSR count). The van der Waals surface area contributed by atoms with Crippen molar-refractivity contribution in [1.29, 1.82) is 0 Å². The van der Waals surface area contributed by atoms with Gasteiger partial charge in [-0.05, 0) is 46.6 Å². The molecule has 0 unspecified atom stereocenters. The Bertz CT molecular complexity index is 491. The Balaban J connectivity index is 2.38. The highest BCUT2D eigenvalue weighted by Gasteiger charge is 2.08. The van der Waals surface area contributed by atoms with Crippen molar-refractivity contribution < 1.29 is 4.74 Å². The van der Waals surface area contributed by atoms with E-state index in [0.29, 0.717) is 10.8 Å². The van der Waals surface area contributed by atoms with E-state index in [1.807, 2.05) is 43.3 Å². The summed E-state index contributed by atoms with van der Waals surface area (Å²) in [6.45, 7) is 2.00. The van der Waals surface area contributed by atoms with E-state index < -0.39 is 0 Å². The van der Waals surface area contributed by atoms with Crippen molar-refractivity contribution >= 4 is 27.5 Å². The lowest BCUT2D eigenvalue weighted by atomic mass is 10.2. The Hall–Kier alpha value is -0.990. The molecule has 2 aromatic carbocycles. The molecule has 3 heteroatoms. The summed E-state index contributed by atoms with van der Waals surface area (Å²) >= 11 is 9.50. The maximum Gasteiger partial charge on any atom is 0.160 e. The average molecular weight is 298 g/mol. The molecule has 0 radical (unpaired) electrons. The highest BCUT2D eigenvalue weighted by molar-refractivity contribution is 9.10. The topological polar surface area (TPSA) is 9.23 Å². The van der Waals surface area contributed by atoms with E-state index >= 15 is 0 Å². The highest BCUT2D eigenvalue weighted by Crippen LogP contribution is 2.36. The lowest BCUT2D eigenvalue weighted by Gasteiger charge is -2.11. The van der Waals surface area contributed by atoms with Crippen molar-refractivity contribution in [2.75, 3.05) is 0 Å². The molecule has 0 amide bonds. The summed E-state index contributed by atoms with van der Waals surface area (Å²) in [4.78, 5) is 0. The number of halogens is 2. The summed E-state index contributed by atoms with van der Waals surface area (Å²) in [6, 6.07) is 13.4. The molecule has 0 saturated heterocycles. The molecule has 0 aliphatic rings. The second-order valence-corrected chi connectivity index (χ2v) is 4.68. The van der Waals surface area contributed by atoms with E-state index in [0.717, 1.165) is 15.8 Å². The monoisotopic (exact) mass is 296 g/mol. The summed E-state index contributed by atoms with van der Waals surface area (Å²) in [5.41, 5.74) is 1.08. The highest BCUT2D eigenvalue weighted by atomic mass is 79.9. The number of para-hydroxylation sites is 2. The second-order valence-electron chi connectivity index (χ2n) is 3.42. The number of aryl methyl sites for hydroxylation is 1. The molecule has 0 bridgehead atoms. The van der Waals surface area contributed by atoms with Gasteiger partial charge in [-0.1, -0.05) is 35.9 Å². The van der Waals surface area contributed by atoms with E-state index in [-0.39, 0.29) is 0 Å². The Morgan fingerprint density at radius 3 is 2.50 bits per heavy atom. The normalized spacial score (nSPS) is 10.2. The van der Waals surface area contributed by atoms with E-state index in [1.54, 1.807) is 6.07 Å². The van der Waals surface area contributed by atoms with Crippen LogP contribution in [0.2, 0.25) is 5.02 Å². The SMILES string of the molecule is Cc1ccccc1Oc1c(Cl)cccc1Br. The van der Waals surface area contributed by atoms with E-state index in [1.165, 1.54) is 0 Å². The first-order valence-electron chi connectivity index (χ1n) is 4.86. The van der Waals surface area contributed by atoms with Crippen LogP contribution in [0.4, 0.5) is 0 Å². The van der Waals surface area contributed by atoms with Crippen LogP contribution in [0, 0.1) is 6.92 Å². The summed E-state index contributed by atoms with van der Waals surface area (Å²) in [6.07, 6.45) is 0. The third kappa shape index (κ3) is 2.39. The minimum atomic E-state index is 0.595. The van der Waals surface area contributed by atoms with Crippen LogP contribution in [0.15, 0.2) is 46.9 Å². The van der Waals surface area contributed by atoms with Gasteiger partial charge in [0.05, 0.1) is 9.50 Å². The van der Waals surface area contributed by atoms with Gasteiger partial charge in [-0.3, -0.25) is 0 Å². The van der Waals surface area contributed by atoms with Crippen molar-refractivity contribution in [3.63, 3.8) is 0 Å². The molecule has 0 aliphatic heterocycles. The van der Waals surface area contributed by atoms with Crippen LogP contribution >= 0.6 is 27.5 Å². The van der Waals surface area contributed by atoms with Crippen LogP contribution in [0.1, 0.15) is 5.56 Å². The third-order valence-corrected chi connectivity index (χ3v) is 3.15. The minimum absolute atomic E-state index is 0.595. The molecule has 1 nitrogen and oxygen atoms in total. The largest absolute Gasteiger partial charge is 0.454 e. The van der Waals surface area contributed by atoms with Gasteiger partial charge in [0.1, 0.15) is 5.75 Å². The van der Waals surface area contributed by atoms with Crippen LogP contribution in [-0.2, 0) is 0 Å². The van der Waals surface area contributed by atoms with Gasteiger partial charge in [0.25, 0.3) is 0 Å². The van der Waals surface area contributed by atoms with Gasteiger partial charge in [0.2, 0.25) is 0 Å². The van der Waals surface area contributed by atoms with Crippen molar-refractivity contribution in [3.8, 4) is 11.5 Å². The second kappa shape index (κ2) is 4.89. The molecule has 0 N–H and O–H groups in total. The zero-order valence-corrected chi connectivity index (χ0v) is 11.0. The fourth-order valence-corrected chi connectivity index (χ4v) is 2.14. The van der Waals surface area contributed by atoms with Crippen LogP contribution in [0.25, 0.3) is 0 Å². The quantitative estimate of drug-likeness (QED) is 0.740. The fourth-order valence-electron chi connectivity index (χ4n) is 1.36. The van der Waals surface area contributed by atoms with Crippen molar-refractivity contribution in [2.24, 2.45) is 0 Å². The van der Waals surface area contributed by atoms with Gasteiger partial charge < -0.3 is 4.74 Å². The summed E-state index contributed by atoms with van der Waals surface area (Å²) in [5, 5.41) is 0.595. The smallest absolute Gasteiger partial charge is 0.160 e. The molecule has 82 valence electrons. The molecular weight excluding hydrogens is 287 g/mol. The molecule has 0 aliphatic carbocycles. The first-order valence-corrected chi connectivity index (χ1v) is 6.03. The maximum atomic E-state index is 6.08. The number of benzene rings is 2. The molecule has 0 saturated carbocycles. The van der Waals surface area contributed by atoms with Crippen molar-refractivity contribution in [3.05, 3.63) is 57.5 Å². The zero-order valence-electron chi connectivity index (χ0n) is 8.71. The number of hydrogen-bond acceptors (Lipinski definition) is 1. The Morgan fingerprint density at radius 1 is 1.06 bits per heavy atom. The Labute approximate surface area is 108 Å². The lowest BCUT2D eigenvalue weighted by Crippen LogP contribution is -1.88. The number of ether oxygens (including phenoxy) is 1. The fraction of sp³-hybridized carbons (Fsp3) is 0.0769. The van der Waals surface area contributed by atoms with Crippen molar-refractivity contribution in [2.45, 2.75) is 6.92 Å². The van der Waals surface area contributed by atoms with Crippen LogP contribution in [-0.4, -0.2) is 0 Å². The van der Waals surface area contributed by atoms with Gasteiger partial charge in [-0.15, -0.1) is 0 Å². The first-order chi connectivity index (χ1) is 7.68. The molecule has 0 heterocycles. The van der Waals surface area contributed by atoms with Gasteiger partial charge in [-0.25, -0.2) is 0 Å². The first kappa shape index (κ1) is 11.5. The van der Waals surface area contributed by atoms with Gasteiger partial charge in [-0.2, -0.15) is 0 Å². The average Bonchev–Trinajstić information content (AvgIpc) is 2.26. The van der Waals surface area contributed by atoms with Gasteiger partial charge >= 0.3 is 0 Å². The van der Waals surface area contributed by atoms with Crippen LogP contribution in [0.5, 0.6) is 11.5 Å². The van der Waals surface area contributed by atoms with E-state index in [2.05, 4.69) is 15.9 Å². The maximum absolute atomic E-state index is 6.08. The number of rotatable bonds is 2. The van der Waals surface area contributed by atoms with E-state index in [9.17, 15) is 0 Å². The lowest BCUT2D eigenvalue weighted by molar-refractivity contribution is 0.476. The molecule has 2 aromatic rings. The number of hydrogen-bond donors (Lipinski definition) is 0. The van der Waals surface area contributed by atoms with Crippen molar-refractivity contribution in [1.82, 2.24) is 0 Å². The predicted octanol–water partition coefficient (Wildman–Crippen LogP) is 5.20. The molecule has 0 atom stereocenters. The molecule has 0 fully saturated rings. The van der Waals surface area contributed by atoms with Crippen LogP contribution in [0.3, 0.4) is 0 Å².